The van der Waals surface area contributed by atoms with E-state index in [1.54, 1.807) is 48.5 Å². The molecular formula is C25H21F3N2O4S. The Hall–Kier alpha value is -3.37. The van der Waals surface area contributed by atoms with Crippen LogP contribution in [0.1, 0.15) is 23.0 Å². The average Bonchev–Trinajstić information content (AvgIpc) is 3.15. The van der Waals surface area contributed by atoms with Gasteiger partial charge in [-0.1, -0.05) is 42.5 Å². The smallest absolute Gasteiger partial charge is 0.387 e. The number of imidazole rings is 1. The zero-order chi connectivity index (χ0) is 24.7. The highest BCUT2D eigenvalue weighted by Crippen LogP contribution is 2.37. The third-order valence-electron chi connectivity index (χ3n) is 5.86. The van der Waals surface area contributed by atoms with Gasteiger partial charge in [0.05, 0.1) is 29.4 Å². The number of para-hydroxylation sites is 1. The van der Waals surface area contributed by atoms with Gasteiger partial charge in [-0.3, -0.25) is 0 Å². The summed E-state index contributed by atoms with van der Waals surface area (Å²) in [4.78, 5) is 4.51. The number of fused-ring (bicyclic) bond motifs is 3. The normalized spacial score (nSPS) is 16.0. The van der Waals surface area contributed by atoms with E-state index in [0.717, 1.165) is 6.26 Å². The van der Waals surface area contributed by atoms with Crippen molar-refractivity contribution < 1.29 is 31.1 Å². The molecule has 0 aliphatic carbocycles. The van der Waals surface area contributed by atoms with Gasteiger partial charge >= 0.3 is 6.61 Å². The van der Waals surface area contributed by atoms with Gasteiger partial charge in [-0.05, 0) is 23.3 Å². The van der Waals surface area contributed by atoms with Crippen molar-refractivity contribution in [2.75, 3.05) is 12.9 Å². The van der Waals surface area contributed by atoms with Crippen LogP contribution in [0.2, 0.25) is 0 Å². The topological polar surface area (TPSA) is 70.4 Å². The number of nitrogens with zero attached hydrogens (tertiary/aromatic N) is 2. The van der Waals surface area contributed by atoms with Gasteiger partial charge in [0.1, 0.15) is 24.0 Å². The third kappa shape index (κ3) is 4.76. The Morgan fingerprint density at radius 1 is 1.14 bits per heavy atom. The zero-order valence-corrected chi connectivity index (χ0v) is 19.4. The largest absolute Gasteiger partial charge is 0.434 e. The highest BCUT2D eigenvalue weighted by Gasteiger charge is 2.29. The lowest BCUT2D eigenvalue weighted by Gasteiger charge is -2.28. The molecule has 6 nitrogen and oxygen atoms in total. The van der Waals surface area contributed by atoms with Crippen molar-refractivity contribution in [3.05, 3.63) is 83.4 Å². The summed E-state index contributed by atoms with van der Waals surface area (Å²) in [5, 5.41) is 0. The Labute approximate surface area is 199 Å². The predicted molar refractivity (Wildman–Crippen MR) is 125 cm³/mol. The second kappa shape index (κ2) is 9.01. The fourth-order valence-corrected chi connectivity index (χ4v) is 5.24. The van der Waals surface area contributed by atoms with E-state index >= 15 is 4.39 Å². The van der Waals surface area contributed by atoms with Crippen molar-refractivity contribution in [3.8, 4) is 16.9 Å². The summed E-state index contributed by atoms with van der Waals surface area (Å²) < 4.78 is 76.5. The maximum absolute atomic E-state index is 15.1. The lowest BCUT2D eigenvalue weighted by Crippen LogP contribution is -2.25. The van der Waals surface area contributed by atoms with Gasteiger partial charge in [0, 0.05) is 23.4 Å². The van der Waals surface area contributed by atoms with E-state index in [4.69, 9.17) is 9.47 Å². The molecule has 10 heteroatoms. The van der Waals surface area contributed by atoms with Crippen molar-refractivity contribution in [2.24, 2.45) is 0 Å². The van der Waals surface area contributed by atoms with Crippen molar-refractivity contribution >= 4 is 20.9 Å². The minimum atomic E-state index is -3.19. The quantitative estimate of drug-likeness (QED) is 0.367. The fraction of sp³-hybridized carbons (Fsp3) is 0.240. The molecule has 35 heavy (non-hydrogen) atoms. The first-order valence-electron chi connectivity index (χ1n) is 10.8. The van der Waals surface area contributed by atoms with Gasteiger partial charge in [0.15, 0.2) is 9.84 Å². The first kappa shape index (κ1) is 23.4. The lowest BCUT2D eigenvalue weighted by molar-refractivity contribution is -0.0512. The van der Waals surface area contributed by atoms with Crippen LogP contribution in [0, 0.1) is 5.82 Å². The van der Waals surface area contributed by atoms with Gasteiger partial charge < -0.3 is 14.0 Å². The summed E-state index contributed by atoms with van der Waals surface area (Å²) in [6.45, 7) is -2.58. The Balaban J connectivity index is 1.60. The molecule has 1 aliphatic rings. The van der Waals surface area contributed by atoms with Gasteiger partial charge in [0.2, 0.25) is 0 Å². The number of hydrogen-bond donors (Lipinski definition) is 0. The predicted octanol–water partition coefficient (Wildman–Crippen LogP) is 5.11. The van der Waals surface area contributed by atoms with Crippen LogP contribution in [-0.2, 0) is 26.9 Å². The molecule has 0 saturated heterocycles. The number of rotatable bonds is 6. The highest BCUT2D eigenvalue weighted by atomic mass is 32.2. The molecule has 3 aromatic carbocycles. The molecule has 1 atom stereocenters. The summed E-state index contributed by atoms with van der Waals surface area (Å²) in [7, 11) is -3.19. The van der Waals surface area contributed by atoms with Crippen LogP contribution < -0.4 is 4.74 Å². The number of benzene rings is 3. The molecule has 0 N–H and O–H groups in total. The number of sulfone groups is 1. The second-order valence-corrected chi connectivity index (χ2v) is 10.6. The minimum Gasteiger partial charge on any atom is -0.434 e. The van der Waals surface area contributed by atoms with E-state index in [0.29, 0.717) is 39.1 Å². The standard InChI is InChI=1S/C25H21F3N2O4S/c1-35(31,32)14-15-6-8-16(9-7-15)18-10-21-20(11-19(18)26)29-24-13-33-12-22(30(21)24)17-4-2-3-5-23(17)34-25(27)28/h2-11,22,25H,12-14H2,1H3/t22-/m0/s1. The van der Waals surface area contributed by atoms with Gasteiger partial charge in [-0.25, -0.2) is 17.8 Å². The summed E-state index contributed by atoms with van der Waals surface area (Å²) in [5.41, 5.74) is 3.03. The maximum Gasteiger partial charge on any atom is 0.387 e. The van der Waals surface area contributed by atoms with E-state index in [-0.39, 0.29) is 24.7 Å². The zero-order valence-electron chi connectivity index (χ0n) is 18.6. The van der Waals surface area contributed by atoms with Crippen molar-refractivity contribution in [1.29, 1.82) is 0 Å². The fourth-order valence-electron chi connectivity index (χ4n) is 4.44. The van der Waals surface area contributed by atoms with Crippen LogP contribution in [0.15, 0.2) is 60.7 Å². The molecule has 5 rings (SSSR count). The molecule has 1 aromatic heterocycles. The SMILES string of the molecule is CS(=O)(=O)Cc1ccc(-c2cc3c(cc2F)nc2n3[C@H](c3ccccc3OC(F)F)COC2)cc1. The van der Waals surface area contributed by atoms with Crippen LogP contribution in [-0.4, -0.2) is 37.4 Å². The molecule has 0 bridgehead atoms. The Morgan fingerprint density at radius 2 is 1.89 bits per heavy atom. The van der Waals surface area contributed by atoms with Gasteiger partial charge in [-0.15, -0.1) is 0 Å². The Morgan fingerprint density at radius 3 is 2.60 bits per heavy atom. The van der Waals surface area contributed by atoms with E-state index in [1.807, 2.05) is 4.57 Å². The van der Waals surface area contributed by atoms with E-state index in [9.17, 15) is 17.2 Å². The summed E-state index contributed by atoms with van der Waals surface area (Å²) in [6.07, 6.45) is 1.15. The minimum absolute atomic E-state index is 0.0367. The molecule has 0 saturated carbocycles. The maximum atomic E-state index is 15.1. The van der Waals surface area contributed by atoms with Gasteiger partial charge in [0.25, 0.3) is 0 Å². The van der Waals surface area contributed by atoms with Crippen molar-refractivity contribution in [2.45, 2.75) is 25.0 Å². The van der Waals surface area contributed by atoms with Crippen LogP contribution in [0.25, 0.3) is 22.2 Å². The molecule has 0 radical (unpaired) electrons. The van der Waals surface area contributed by atoms with E-state index < -0.39 is 28.3 Å². The van der Waals surface area contributed by atoms with Crippen LogP contribution in [0.5, 0.6) is 5.75 Å². The molecule has 0 amide bonds. The number of alkyl halides is 2. The summed E-state index contributed by atoms with van der Waals surface area (Å²) in [5.74, 6) is -0.00681. The molecule has 0 unspecified atom stereocenters. The van der Waals surface area contributed by atoms with E-state index in [1.165, 1.54) is 12.1 Å². The highest BCUT2D eigenvalue weighted by molar-refractivity contribution is 7.89. The number of halogens is 3. The molecule has 0 spiro atoms. The monoisotopic (exact) mass is 502 g/mol. The summed E-state index contributed by atoms with van der Waals surface area (Å²) >= 11 is 0. The summed E-state index contributed by atoms with van der Waals surface area (Å²) in [6, 6.07) is 15.6. The number of hydrogen-bond acceptors (Lipinski definition) is 5. The lowest BCUT2D eigenvalue weighted by atomic mass is 10.0. The second-order valence-electron chi connectivity index (χ2n) is 8.43. The number of ether oxygens (including phenoxy) is 2. The first-order valence-corrected chi connectivity index (χ1v) is 12.8. The van der Waals surface area contributed by atoms with Crippen molar-refractivity contribution in [3.63, 3.8) is 0 Å². The number of aromatic nitrogens is 2. The molecule has 1 aliphatic heterocycles. The Bertz CT molecular complexity index is 1500. The average molecular weight is 503 g/mol. The first-order chi connectivity index (χ1) is 16.7. The van der Waals surface area contributed by atoms with Crippen LogP contribution in [0.4, 0.5) is 13.2 Å². The third-order valence-corrected chi connectivity index (χ3v) is 6.72. The Kier molecular flexibility index (Phi) is 6.02. The van der Waals surface area contributed by atoms with Crippen LogP contribution >= 0.6 is 0 Å². The molecule has 2 heterocycles. The molecule has 0 fully saturated rings. The van der Waals surface area contributed by atoms with Gasteiger partial charge in [-0.2, -0.15) is 8.78 Å². The van der Waals surface area contributed by atoms with Crippen molar-refractivity contribution in [1.82, 2.24) is 9.55 Å². The molecular weight excluding hydrogens is 481 g/mol. The van der Waals surface area contributed by atoms with Crippen LogP contribution in [0.3, 0.4) is 0 Å². The van der Waals surface area contributed by atoms with E-state index in [2.05, 4.69) is 4.98 Å². The molecule has 182 valence electrons. The molecule has 4 aromatic rings.